The van der Waals surface area contributed by atoms with E-state index in [1.807, 2.05) is 32.2 Å². The fourth-order valence-electron chi connectivity index (χ4n) is 1.33. The van der Waals surface area contributed by atoms with Gasteiger partial charge in [-0.2, -0.15) is 0 Å². The summed E-state index contributed by atoms with van der Waals surface area (Å²) >= 11 is 0. The van der Waals surface area contributed by atoms with Crippen molar-refractivity contribution in [3.05, 3.63) is 36.3 Å². The molecule has 2 aromatic rings. The molecule has 76 valence electrons. The minimum atomic E-state index is 0.659. The van der Waals surface area contributed by atoms with Gasteiger partial charge in [0.15, 0.2) is 5.82 Å². The number of aromatic nitrogens is 3. The van der Waals surface area contributed by atoms with E-state index in [0.29, 0.717) is 5.82 Å². The molecule has 4 nitrogen and oxygen atoms in total. The normalized spacial score (nSPS) is 10.0. The topological polar surface area (TPSA) is 50.7 Å². The minimum absolute atomic E-state index is 0.659. The molecule has 0 saturated heterocycles. The molecule has 1 N–H and O–H groups in total. The zero-order valence-corrected chi connectivity index (χ0v) is 8.73. The maximum absolute atomic E-state index is 4.38. The largest absolute Gasteiger partial charge is 0.385 e. The zero-order chi connectivity index (χ0) is 10.7. The number of aryl methyl sites for hydroxylation is 1. The highest BCUT2D eigenvalue weighted by Gasteiger charge is 2.04. The lowest BCUT2D eigenvalue weighted by atomic mass is 10.3. The minimum Gasteiger partial charge on any atom is -0.385 e. The van der Waals surface area contributed by atoms with Crippen molar-refractivity contribution < 1.29 is 0 Å². The summed E-state index contributed by atoms with van der Waals surface area (Å²) in [4.78, 5) is 12.8. The molecule has 15 heavy (non-hydrogen) atoms. The van der Waals surface area contributed by atoms with Crippen molar-refractivity contribution in [1.29, 1.82) is 0 Å². The summed E-state index contributed by atoms with van der Waals surface area (Å²) in [5.41, 5.74) is 2.66. The van der Waals surface area contributed by atoms with Gasteiger partial charge in [-0.25, -0.2) is 9.97 Å². The highest BCUT2D eigenvalue weighted by Crippen LogP contribution is 2.15. The zero-order valence-electron chi connectivity index (χ0n) is 8.73. The number of anilines is 1. The van der Waals surface area contributed by atoms with E-state index in [9.17, 15) is 0 Å². The summed E-state index contributed by atoms with van der Waals surface area (Å²) in [5.74, 6) is 0.659. The molecular formula is C11H12N4. The quantitative estimate of drug-likeness (QED) is 0.804. The Bertz CT molecular complexity index is 453. The standard InChI is InChI=1S/C11H12N4/c1-8-10(12-2)7-14-11(15-8)9-5-3-4-6-13-9/h3-7,12H,1-2H3. The number of hydrogen-bond donors (Lipinski definition) is 1. The first-order valence-corrected chi connectivity index (χ1v) is 4.74. The predicted molar refractivity (Wildman–Crippen MR) is 59.5 cm³/mol. The Morgan fingerprint density at radius 2 is 2.07 bits per heavy atom. The van der Waals surface area contributed by atoms with Gasteiger partial charge in [-0.3, -0.25) is 4.98 Å². The van der Waals surface area contributed by atoms with Gasteiger partial charge in [0.1, 0.15) is 5.69 Å². The first kappa shape index (κ1) is 9.58. The van der Waals surface area contributed by atoms with Gasteiger partial charge in [0.05, 0.1) is 17.6 Å². The molecule has 2 heterocycles. The van der Waals surface area contributed by atoms with Crippen LogP contribution in [0.4, 0.5) is 5.69 Å². The van der Waals surface area contributed by atoms with Crippen LogP contribution >= 0.6 is 0 Å². The molecule has 0 aliphatic carbocycles. The van der Waals surface area contributed by atoms with Crippen molar-refractivity contribution in [2.24, 2.45) is 0 Å². The first-order chi connectivity index (χ1) is 7.31. The third kappa shape index (κ3) is 1.93. The molecule has 0 radical (unpaired) electrons. The van der Waals surface area contributed by atoms with E-state index in [0.717, 1.165) is 17.1 Å². The van der Waals surface area contributed by atoms with Gasteiger partial charge < -0.3 is 5.32 Å². The molecule has 0 fully saturated rings. The van der Waals surface area contributed by atoms with Crippen LogP contribution in [0.2, 0.25) is 0 Å². The van der Waals surface area contributed by atoms with Crippen molar-refractivity contribution in [1.82, 2.24) is 15.0 Å². The average molecular weight is 200 g/mol. The SMILES string of the molecule is CNc1cnc(-c2ccccn2)nc1C. The fraction of sp³-hybridized carbons (Fsp3) is 0.182. The fourth-order valence-corrected chi connectivity index (χ4v) is 1.33. The van der Waals surface area contributed by atoms with E-state index in [-0.39, 0.29) is 0 Å². The molecule has 0 aliphatic heterocycles. The number of nitrogens with zero attached hydrogens (tertiary/aromatic N) is 3. The second-order valence-corrected chi connectivity index (χ2v) is 3.16. The van der Waals surface area contributed by atoms with Gasteiger partial charge in [-0.15, -0.1) is 0 Å². The highest BCUT2D eigenvalue weighted by atomic mass is 15.0. The van der Waals surface area contributed by atoms with Crippen LogP contribution in [0.15, 0.2) is 30.6 Å². The second kappa shape index (κ2) is 4.04. The van der Waals surface area contributed by atoms with Crippen molar-refractivity contribution in [3.8, 4) is 11.5 Å². The van der Waals surface area contributed by atoms with Crippen LogP contribution in [-0.4, -0.2) is 22.0 Å². The van der Waals surface area contributed by atoms with Crippen molar-refractivity contribution in [2.45, 2.75) is 6.92 Å². The molecular weight excluding hydrogens is 188 g/mol. The lowest BCUT2D eigenvalue weighted by molar-refractivity contribution is 1.09. The molecule has 0 spiro atoms. The summed E-state index contributed by atoms with van der Waals surface area (Å²) in [7, 11) is 1.85. The molecule has 0 amide bonds. The molecule has 0 aliphatic rings. The Morgan fingerprint density at radius 1 is 1.20 bits per heavy atom. The smallest absolute Gasteiger partial charge is 0.178 e. The van der Waals surface area contributed by atoms with Gasteiger partial charge in [0, 0.05) is 13.2 Å². The molecule has 0 saturated carbocycles. The number of hydrogen-bond acceptors (Lipinski definition) is 4. The number of pyridine rings is 1. The molecule has 0 atom stereocenters. The average Bonchev–Trinajstić information content (AvgIpc) is 2.30. The van der Waals surface area contributed by atoms with Gasteiger partial charge in [0.2, 0.25) is 0 Å². The molecule has 0 aromatic carbocycles. The number of nitrogens with one attached hydrogen (secondary N) is 1. The van der Waals surface area contributed by atoms with Crippen LogP contribution in [0.1, 0.15) is 5.69 Å². The summed E-state index contributed by atoms with van der Waals surface area (Å²) in [6.07, 6.45) is 3.51. The van der Waals surface area contributed by atoms with Gasteiger partial charge in [-0.05, 0) is 19.1 Å². The summed E-state index contributed by atoms with van der Waals surface area (Å²) in [5, 5.41) is 3.03. The van der Waals surface area contributed by atoms with E-state index in [2.05, 4.69) is 20.3 Å². The molecule has 0 unspecified atom stereocenters. The first-order valence-electron chi connectivity index (χ1n) is 4.74. The Kier molecular flexibility index (Phi) is 2.58. The van der Waals surface area contributed by atoms with Gasteiger partial charge in [0.25, 0.3) is 0 Å². The Morgan fingerprint density at radius 3 is 2.67 bits per heavy atom. The van der Waals surface area contributed by atoms with Crippen LogP contribution < -0.4 is 5.32 Å². The monoisotopic (exact) mass is 200 g/mol. The van der Waals surface area contributed by atoms with Crippen LogP contribution in [0.25, 0.3) is 11.5 Å². The van der Waals surface area contributed by atoms with E-state index in [4.69, 9.17) is 0 Å². The summed E-state index contributed by atoms with van der Waals surface area (Å²) in [6.45, 7) is 1.94. The molecule has 4 heteroatoms. The lowest BCUT2D eigenvalue weighted by Crippen LogP contribution is -1.99. The lowest BCUT2D eigenvalue weighted by Gasteiger charge is -2.05. The van der Waals surface area contributed by atoms with Crippen LogP contribution in [0.3, 0.4) is 0 Å². The van der Waals surface area contributed by atoms with Crippen LogP contribution in [0, 0.1) is 6.92 Å². The summed E-state index contributed by atoms with van der Waals surface area (Å²) < 4.78 is 0. The molecule has 2 rings (SSSR count). The van der Waals surface area contributed by atoms with Crippen LogP contribution in [-0.2, 0) is 0 Å². The predicted octanol–water partition coefficient (Wildman–Crippen LogP) is 1.89. The van der Waals surface area contributed by atoms with E-state index < -0.39 is 0 Å². The van der Waals surface area contributed by atoms with Crippen molar-refractivity contribution in [3.63, 3.8) is 0 Å². The molecule has 0 bridgehead atoms. The van der Waals surface area contributed by atoms with E-state index in [1.54, 1.807) is 12.4 Å². The second-order valence-electron chi connectivity index (χ2n) is 3.16. The Labute approximate surface area is 88.4 Å². The third-order valence-electron chi connectivity index (χ3n) is 2.14. The number of rotatable bonds is 2. The van der Waals surface area contributed by atoms with Crippen molar-refractivity contribution in [2.75, 3.05) is 12.4 Å². The molecule has 2 aromatic heterocycles. The maximum atomic E-state index is 4.38. The third-order valence-corrected chi connectivity index (χ3v) is 2.14. The Hall–Kier alpha value is -1.97. The van der Waals surface area contributed by atoms with E-state index >= 15 is 0 Å². The Balaban J connectivity index is 2.43. The summed E-state index contributed by atoms with van der Waals surface area (Å²) in [6, 6.07) is 5.69. The van der Waals surface area contributed by atoms with E-state index in [1.165, 1.54) is 0 Å². The highest BCUT2D eigenvalue weighted by molar-refractivity contribution is 5.53. The van der Waals surface area contributed by atoms with Crippen molar-refractivity contribution >= 4 is 5.69 Å². The van der Waals surface area contributed by atoms with Gasteiger partial charge >= 0.3 is 0 Å². The maximum Gasteiger partial charge on any atom is 0.178 e. The van der Waals surface area contributed by atoms with Crippen LogP contribution in [0.5, 0.6) is 0 Å². The van der Waals surface area contributed by atoms with Gasteiger partial charge in [-0.1, -0.05) is 6.07 Å².